The molecule has 0 aromatic heterocycles. The summed E-state index contributed by atoms with van der Waals surface area (Å²) in [5, 5.41) is 2.78. The Morgan fingerprint density at radius 2 is 2.21 bits per heavy atom. The van der Waals surface area contributed by atoms with Crippen LogP contribution in [0.2, 0.25) is 0 Å². The molecular weight excluding hydrogens is 247 g/mol. The van der Waals surface area contributed by atoms with Gasteiger partial charge in [-0.1, -0.05) is 12.1 Å². The van der Waals surface area contributed by atoms with Crippen LogP contribution in [0.15, 0.2) is 18.2 Å². The number of nitrogens with one attached hydrogen (secondary N) is 1. The summed E-state index contributed by atoms with van der Waals surface area (Å²) in [6.45, 7) is 2.09. The third kappa shape index (κ3) is 2.92. The third-order valence-corrected chi connectivity index (χ3v) is 3.40. The Morgan fingerprint density at radius 3 is 2.89 bits per heavy atom. The maximum atomic E-state index is 13.8. The molecule has 5 heteroatoms. The maximum Gasteiger partial charge on any atom is 0.254 e. The molecule has 102 valence electrons. The van der Waals surface area contributed by atoms with Crippen molar-refractivity contribution in [2.24, 2.45) is 0 Å². The van der Waals surface area contributed by atoms with E-state index in [1.807, 2.05) is 0 Å². The maximum absolute atomic E-state index is 13.8. The molecule has 1 fully saturated rings. The summed E-state index contributed by atoms with van der Waals surface area (Å²) in [5.41, 5.74) is 0.503. The molecule has 4 nitrogen and oxygen atoms in total. The Kier molecular flexibility index (Phi) is 3.83. The molecule has 2 rings (SSSR count). The van der Waals surface area contributed by atoms with Gasteiger partial charge in [-0.05, 0) is 25.0 Å². The zero-order valence-corrected chi connectivity index (χ0v) is 11.1. The van der Waals surface area contributed by atoms with Crippen LogP contribution in [-0.2, 0) is 4.79 Å². The van der Waals surface area contributed by atoms with Crippen molar-refractivity contribution in [1.82, 2.24) is 10.2 Å². The molecule has 0 aliphatic carbocycles. The van der Waals surface area contributed by atoms with Crippen molar-refractivity contribution in [1.29, 1.82) is 0 Å². The van der Waals surface area contributed by atoms with E-state index in [1.54, 1.807) is 31.0 Å². The number of hydrogen-bond donors (Lipinski definition) is 1. The quantitative estimate of drug-likeness (QED) is 0.879. The van der Waals surface area contributed by atoms with Gasteiger partial charge in [0.05, 0.1) is 5.56 Å². The van der Waals surface area contributed by atoms with Crippen LogP contribution < -0.4 is 5.32 Å². The molecule has 0 radical (unpaired) electrons. The fraction of sp³-hybridized carbons (Fsp3) is 0.429. The Labute approximate surface area is 111 Å². The monoisotopic (exact) mass is 264 g/mol. The number of benzene rings is 1. The topological polar surface area (TPSA) is 49.4 Å². The van der Waals surface area contributed by atoms with Gasteiger partial charge in [-0.25, -0.2) is 4.39 Å². The fourth-order valence-corrected chi connectivity index (χ4v) is 2.22. The van der Waals surface area contributed by atoms with Crippen molar-refractivity contribution in [2.75, 3.05) is 13.6 Å². The summed E-state index contributed by atoms with van der Waals surface area (Å²) in [7, 11) is 1.70. The molecule has 2 amide bonds. The van der Waals surface area contributed by atoms with E-state index < -0.39 is 11.7 Å². The number of rotatable bonds is 2. The normalized spacial score (nSPS) is 19.4. The second-order valence-electron chi connectivity index (χ2n) is 4.92. The summed E-state index contributed by atoms with van der Waals surface area (Å²) < 4.78 is 13.8. The van der Waals surface area contributed by atoms with E-state index >= 15 is 0 Å². The molecule has 0 spiro atoms. The summed E-state index contributed by atoms with van der Waals surface area (Å²) in [6.07, 6.45) is 1.01. The van der Waals surface area contributed by atoms with Gasteiger partial charge in [-0.2, -0.15) is 0 Å². The number of piperidine rings is 1. The number of hydrogen-bond acceptors (Lipinski definition) is 2. The molecule has 1 aromatic rings. The molecular formula is C14H17FN2O2. The first kappa shape index (κ1) is 13.5. The molecule has 19 heavy (non-hydrogen) atoms. The van der Waals surface area contributed by atoms with E-state index in [9.17, 15) is 14.0 Å². The van der Waals surface area contributed by atoms with E-state index in [-0.39, 0.29) is 17.5 Å². The highest BCUT2D eigenvalue weighted by atomic mass is 19.1. The first-order chi connectivity index (χ1) is 8.99. The molecule has 0 saturated carbocycles. The van der Waals surface area contributed by atoms with Crippen LogP contribution in [0.5, 0.6) is 0 Å². The van der Waals surface area contributed by atoms with Gasteiger partial charge in [0.25, 0.3) is 5.91 Å². The molecule has 1 aromatic carbocycles. The van der Waals surface area contributed by atoms with Crippen molar-refractivity contribution < 1.29 is 14.0 Å². The van der Waals surface area contributed by atoms with Gasteiger partial charge in [-0.15, -0.1) is 0 Å². The highest BCUT2D eigenvalue weighted by Crippen LogP contribution is 2.14. The average Bonchev–Trinajstić information content (AvgIpc) is 2.37. The molecule has 1 N–H and O–H groups in total. The van der Waals surface area contributed by atoms with Crippen LogP contribution in [0, 0.1) is 12.7 Å². The lowest BCUT2D eigenvalue weighted by Gasteiger charge is -2.30. The first-order valence-electron chi connectivity index (χ1n) is 6.29. The molecule has 1 aliphatic heterocycles. The van der Waals surface area contributed by atoms with Crippen molar-refractivity contribution in [2.45, 2.75) is 25.8 Å². The molecule has 1 heterocycles. The molecule has 1 atom stereocenters. The number of carbonyl (C=O) groups is 2. The van der Waals surface area contributed by atoms with Crippen LogP contribution in [0.4, 0.5) is 4.39 Å². The number of aryl methyl sites for hydroxylation is 1. The van der Waals surface area contributed by atoms with Crippen LogP contribution in [-0.4, -0.2) is 36.3 Å². The van der Waals surface area contributed by atoms with Crippen LogP contribution in [0.3, 0.4) is 0 Å². The van der Waals surface area contributed by atoms with Gasteiger partial charge in [0.1, 0.15) is 5.82 Å². The predicted molar refractivity (Wildman–Crippen MR) is 69.3 cm³/mol. The summed E-state index contributed by atoms with van der Waals surface area (Å²) >= 11 is 0. The Balaban J connectivity index is 2.05. The van der Waals surface area contributed by atoms with Gasteiger partial charge in [-0.3, -0.25) is 9.59 Å². The Bertz CT molecular complexity index is 516. The zero-order valence-electron chi connectivity index (χ0n) is 11.1. The van der Waals surface area contributed by atoms with E-state index in [0.717, 1.165) is 0 Å². The van der Waals surface area contributed by atoms with Crippen molar-refractivity contribution in [3.05, 3.63) is 35.1 Å². The third-order valence-electron chi connectivity index (χ3n) is 3.40. The van der Waals surface area contributed by atoms with Crippen LogP contribution in [0.25, 0.3) is 0 Å². The molecule has 1 saturated heterocycles. The number of amides is 2. The van der Waals surface area contributed by atoms with Gasteiger partial charge in [0, 0.05) is 26.1 Å². The first-order valence-corrected chi connectivity index (χ1v) is 6.29. The van der Waals surface area contributed by atoms with Crippen molar-refractivity contribution in [3.8, 4) is 0 Å². The number of halogens is 1. The number of nitrogens with zero attached hydrogens (tertiary/aromatic N) is 1. The molecule has 1 unspecified atom stereocenters. The second kappa shape index (κ2) is 5.38. The largest absolute Gasteiger partial charge is 0.347 e. The van der Waals surface area contributed by atoms with Gasteiger partial charge in [0.15, 0.2) is 0 Å². The lowest BCUT2D eigenvalue weighted by Crippen LogP contribution is -2.48. The summed E-state index contributed by atoms with van der Waals surface area (Å²) in [4.78, 5) is 25.0. The highest BCUT2D eigenvalue weighted by molar-refractivity contribution is 5.95. The van der Waals surface area contributed by atoms with Gasteiger partial charge >= 0.3 is 0 Å². The highest BCUT2D eigenvalue weighted by Gasteiger charge is 2.25. The smallest absolute Gasteiger partial charge is 0.254 e. The summed E-state index contributed by atoms with van der Waals surface area (Å²) in [6, 6.07) is 4.63. The zero-order chi connectivity index (χ0) is 14.0. The lowest BCUT2D eigenvalue weighted by molar-refractivity contribution is -0.132. The van der Waals surface area contributed by atoms with E-state index in [4.69, 9.17) is 0 Å². The summed E-state index contributed by atoms with van der Waals surface area (Å²) in [5.74, 6) is -0.832. The molecule has 0 bridgehead atoms. The van der Waals surface area contributed by atoms with E-state index in [1.165, 1.54) is 6.07 Å². The molecule has 1 aliphatic rings. The SMILES string of the molecule is Cc1cccc(C(=O)NC2CCC(=O)N(C)C2)c1F. The number of likely N-dealkylation sites (tertiary alicyclic amines) is 1. The van der Waals surface area contributed by atoms with Gasteiger partial charge in [0.2, 0.25) is 5.91 Å². The minimum Gasteiger partial charge on any atom is -0.347 e. The minimum absolute atomic E-state index is 0.0551. The van der Waals surface area contributed by atoms with Crippen LogP contribution >= 0.6 is 0 Å². The number of likely N-dealkylation sites (N-methyl/N-ethyl adjacent to an activating group) is 1. The van der Waals surface area contributed by atoms with Crippen molar-refractivity contribution in [3.63, 3.8) is 0 Å². The average molecular weight is 264 g/mol. The Hall–Kier alpha value is -1.91. The minimum atomic E-state index is -0.486. The number of carbonyl (C=O) groups excluding carboxylic acids is 2. The van der Waals surface area contributed by atoms with E-state index in [2.05, 4.69) is 5.32 Å². The lowest BCUT2D eigenvalue weighted by atomic mass is 10.0. The van der Waals surface area contributed by atoms with Crippen molar-refractivity contribution >= 4 is 11.8 Å². The second-order valence-corrected chi connectivity index (χ2v) is 4.92. The van der Waals surface area contributed by atoms with Crippen LogP contribution in [0.1, 0.15) is 28.8 Å². The Morgan fingerprint density at radius 1 is 1.47 bits per heavy atom. The standard InChI is InChI=1S/C14H17FN2O2/c1-9-4-3-5-11(13(9)15)14(19)16-10-6-7-12(18)17(2)8-10/h3-5,10H,6-8H2,1-2H3,(H,16,19). The van der Waals surface area contributed by atoms with E-state index in [0.29, 0.717) is 24.9 Å². The predicted octanol–water partition coefficient (Wildman–Crippen LogP) is 1.48. The van der Waals surface area contributed by atoms with Gasteiger partial charge < -0.3 is 10.2 Å². The fourth-order valence-electron chi connectivity index (χ4n) is 2.22.